The van der Waals surface area contributed by atoms with Crippen LogP contribution in [0.5, 0.6) is 0 Å². The molecule has 6 heteroatoms. The molecule has 0 bridgehead atoms. The molecule has 3 nitrogen and oxygen atoms in total. The van der Waals surface area contributed by atoms with E-state index in [0.29, 0.717) is 4.64 Å². The maximum atomic E-state index is 5.02. The van der Waals surface area contributed by atoms with Crippen molar-refractivity contribution < 1.29 is 0 Å². The van der Waals surface area contributed by atoms with E-state index in [1.54, 1.807) is 0 Å². The number of hydrogen-bond acceptors (Lipinski definition) is 5. The number of thiol groups is 2. The lowest BCUT2D eigenvalue weighted by Gasteiger charge is -2.01. The lowest BCUT2D eigenvalue weighted by Crippen LogP contribution is -1.90. The summed E-state index contributed by atoms with van der Waals surface area (Å²) >= 11 is 13.6. The quantitative estimate of drug-likeness (QED) is 0.478. The average molecular weight is 227 g/mol. The van der Waals surface area contributed by atoms with Crippen molar-refractivity contribution in [2.45, 2.75) is 9.79 Å². The Morgan fingerprint density at radius 1 is 1.31 bits per heavy atom. The van der Waals surface area contributed by atoms with Gasteiger partial charge in [0.1, 0.15) is 0 Å². The Kier molecular flexibility index (Phi) is 2.27. The number of nitrogens with one attached hydrogen (secondary N) is 1. The van der Waals surface area contributed by atoms with Crippen molar-refractivity contribution in [2.75, 3.05) is 0 Å². The Labute approximate surface area is 90.4 Å². The highest BCUT2D eigenvalue weighted by atomic mass is 32.1. The molecule has 0 aliphatic heterocycles. The number of nitrogens with zero attached hydrogens (tertiary/aromatic N) is 2. The summed E-state index contributed by atoms with van der Waals surface area (Å²) in [7, 11) is 0. The number of aromatic amines is 1. The molecule has 0 radical (unpaired) electrons. The normalized spacial score (nSPS) is 10.6. The number of H-pyrrole nitrogens is 1. The van der Waals surface area contributed by atoms with Crippen LogP contribution in [0.3, 0.4) is 0 Å². The van der Waals surface area contributed by atoms with Gasteiger partial charge < -0.3 is 0 Å². The Hall–Kier alpha value is -0.590. The number of hydrogen-bond donors (Lipinski definition) is 3. The van der Waals surface area contributed by atoms with Crippen LogP contribution in [0.1, 0.15) is 0 Å². The topological polar surface area (TPSA) is 41.6 Å². The van der Waals surface area contributed by atoms with Gasteiger partial charge in [-0.15, -0.1) is 30.4 Å². The fourth-order valence-electron chi connectivity index (χ4n) is 1.06. The molecule has 0 aliphatic carbocycles. The SMILES string of the molecule is S=c1nn[nH]c2ccc(S)c(S)c12. The minimum Gasteiger partial charge on any atom is -0.259 e. The zero-order valence-electron chi connectivity index (χ0n) is 6.35. The summed E-state index contributed by atoms with van der Waals surface area (Å²) in [5.74, 6) is 0. The van der Waals surface area contributed by atoms with E-state index in [1.807, 2.05) is 12.1 Å². The van der Waals surface area contributed by atoms with E-state index in [0.717, 1.165) is 20.7 Å². The van der Waals surface area contributed by atoms with Crippen LogP contribution in [0.4, 0.5) is 0 Å². The van der Waals surface area contributed by atoms with Crippen molar-refractivity contribution >= 4 is 48.4 Å². The highest BCUT2D eigenvalue weighted by Gasteiger charge is 2.03. The van der Waals surface area contributed by atoms with E-state index in [9.17, 15) is 0 Å². The summed E-state index contributed by atoms with van der Waals surface area (Å²) in [5, 5.41) is 10.9. The van der Waals surface area contributed by atoms with E-state index in [4.69, 9.17) is 12.2 Å². The van der Waals surface area contributed by atoms with Crippen molar-refractivity contribution in [3.8, 4) is 0 Å². The van der Waals surface area contributed by atoms with Crippen LogP contribution in [-0.4, -0.2) is 15.4 Å². The average Bonchev–Trinajstić information content (AvgIpc) is 2.12. The monoisotopic (exact) mass is 227 g/mol. The third kappa shape index (κ3) is 1.45. The van der Waals surface area contributed by atoms with Gasteiger partial charge >= 0.3 is 0 Å². The molecule has 2 rings (SSSR count). The molecule has 0 unspecified atom stereocenters. The van der Waals surface area contributed by atoms with Crippen molar-refractivity contribution in [3.05, 3.63) is 16.8 Å². The first-order valence-corrected chi connectivity index (χ1v) is 4.76. The van der Waals surface area contributed by atoms with Gasteiger partial charge in [-0.1, -0.05) is 17.4 Å². The second-order valence-electron chi connectivity index (χ2n) is 2.47. The number of aromatic nitrogens is 3. The molecular formula is C7H5N3S3. The van der Waals surface area contributed by atoms with Crippen LogP contribution in [-0.2, 0) is 0 Å². The fourth-order valence-corrected chi connectivity index (χ4v) is 1.88. The molecule has 0 amide bonds. The molecule has 13 heavy (non-hydrogen) atoms. The molecule has 0 spiro atoms. The first-order chi connectivity index (χ1) is 6.20. The van der Waals surface area contributed by atoms with Crippen LogP contribution in [0.15, 0.2) is 21.9 Å². The van der Waals surface area contributed by atoms with Crippen LogP contribution in [0, 0.1) is 4.64 Å². The van der Waals surface area contributed by atoms with E-state index in [-0.39, 0.29) is 0 Å². The zero-order valence-corrected chi connectivity index (χ0v) is 8.96. The van der Waals surface area contributed by atoms with E-state index in [2.05, 4.69) is 40.7 Å². The summed E-state index contributed by atoms with van der Waals surface area (Å²) in [6.45, 7) is 0. The third-order valence-corrected chi connectivity index (χ3v) is 2.98. The standard InChI is InChI=1S/C7H5N3S3/c11-4-2-1-3-5(6(4)12)7(13)9-10-8-3/h1-2,11-12H,(H,8,9,13). The highest BCUT2D eigenvalue weighted by Crippen LogP contribution is 2.26. The van der Waals surface area contributed by atoms with Gasteiger partial charge in [-0.3, -0.25) is 5.10 Å². The second-order valence-corrected chi connectivity index (χ2v) is 3.79. The maximum Gasteiger partial charge on any atom is 0.161 e. The van der Waals surface area contributed by atoms with Gasteiger partial charge in [-0.2, -0.15) is 0 Å². The smallest absolute Gasteiger partial charge is 0.161 e. The first-order valence-electron chi connectivity index (χ1n) is 3.46. The van der Waals surface area contributed by atoms with Crippen LogP contribution in [0.2, 0.25) is 0 Å². The van der Waals surface area contributed by atoms with E-state index >= 15 is 0 Å². The van der Waals surface area contributed by atoms with Crippen LogP contribution < -0.4 is 0 Å². The Bertz CT molecular complexity index is 520. The summed E-state index contributed by atoms with van der Waals surface area (Å²) < 4.78 is 0.439. The minimum absolute atomic E-state index is 0.439. The molecule has 1 heterocycles. The van der Waals surface area contributed by atoms with Crippen molar-refractivity contribution in [1.82, 2.24) is 15.4 Å². The largest absolute Gasteiger partial charge is 0.259 e. The van der Waals surface area contributed by atoms with Crippen molar-refractivity contribution in [3.63, 3.8) is 0 Å². The molecule has 1 aromatic heterocycles. The van der Waals surface area contributed by atoms with Crippen molar-refractivity contribution in [1.29, 1.82) is 0 Å². The maximum absolute atomic E-state index is 5.02. The second kappa shape index (κ2) is 3.28. The molecular weight excluding hydrogens is 222 g/mol. The van der Waals surface area contributed by atoms with Gasteiger partial charge in [0.15, 0.2) is 4.64 Å². The summed E-state index contributed by atoms with van der Waals surface area (Å²) in [5.41, 5.74) is 0.822. The predicted molar refractivity (Wildman–Crippen MR) is 59.2 cm³/mol. The molecule has 0 saturated heterocycles. The molecule has 0 aliphatic rings. The molecule has 2 aromatic rings. The number of rotatable bonds is 0. The zero-order chi connectivity index (χ0) is 9.42. The lowest BCUT2D eigenvalue weighted by molar-refractivity contribution is 0.883. The van der Waals surface area contributed by atoms with Gasteiger partial charge in [0.2, 0.25) is 0 Å². The molecule has 66 valence electrons. The minimum atomic E-state index is 0.439. The van der Waals surface area contributed by atoms with Gasteiger partial charge in [0.05, 0.1) is 10.9 Å². The summed E-state index contributed by atoms with van der Waals surface area (Å²) in [4.78, 5) is 1.51. The Morgan fingerprint density at radius 2 is 2.08 bits per heavy atom. The van der Waals surface area contributed by atoms with E-state index < -0.39 is 0 Å². The summed E-state index contributed by atoms with van der Waals surface area (Å²) in [6, 6.07) is 3.68. The summed E-state index contributed by atoms with van der Waals surface area (Å²) in [6.07, 6.45) is 0. The molecule has 1 aromatic carbocycles. The Balaban J connectivity index is 3.06. The van der Waals surface area contributed by atoms with Crippen LogP contribution >= 0.6 is 37.5 Å². The Morgan fingerprint density at radius 3 is 2.85 bits per heavy atom. The lowest BCUT2D eigenvalue weighted by atomic mass is 10.2. The number of benzene rings is 1. The van der Waals surface area contributed by atoms with Gasteiger partial charge in [0.25, 0.3) is 0 Å². The van der Waals surface area contributed by atoms with Gasteiger partial charge in [0, 0.05) is 9.79 Å². The van der Waals surface area contributed by atoms with Gasteiger partial charge in [-0.25, -0.2) is 0 Å². The molecule has 0 fully saturated rings. The van der Waals surface area contributed by atoms with Crippen LogP contribution in [0.25, 0.3) is 10.9 Å². The van der Waals surface area contributed by atoms with E-state index in [1.165, 1.54) is 0 Å². The molecule has 1 N–H and O–H groups in total. The van der Waals surface area contributed by atoms with Crippen molar-refractivity contribution in [2.24, 2.45) is 0 Å². The first kappa shape index (κ1) is 8.98. The molecule has 0 saturated carbocycles. The number of fused-ring (bicyclic) bond motifs is 1. The van der Waals surface area contributed by atoms with Gasteiger partial charge in [-0.05, 0) is 12.1 Å². The third-order valence-electron chi connectivity index (χ3n) is 1.68. The highest BCUT2D eigenvalue weighted by molar-refractivity contribution is 7.83. The molecule has 0 atom stereocenters. The predicted octanol–water partition coefficient (Wildman–Crippen LogP) is 2.26. The fraction of sp³-hybridized carbons (Fsp3) is 0.